The maximum atomic E-state index is 6.07. The maximum absolute atomic E-state index is 6.07. The lowest BCUT2D eigenvalue weighted by atomic mass is 10.2. The van der Waals surface area contributed by atoms with E-state index in [1.807, 2.05) is 36.4 Å². The van der Waals surface area contributed by atoms with Gasteiger partial charge >= 0.3 is 0 Å². The number of halogens is 2. The molecule has 0 unspecified atom stereocenters. The number of nitrogens with zero attached hydrogens (tertiary/aromatic N) is 5. The van der Waals surface area contributed by atoms with Gasteiger partial charge < -0.3 is 4.74 Å². The molecule has 1 aliphatic rings. The molecule has 3 heterocycles. The topological polar surface area (TPSA) is 56.1 Å². The Morgan fingerprint density at radius 1 is 1.07 bits per heavy atom. The van der Waals surface area contributed by atoms with Crippen molar-refractivity contribution in [1.82, 2.24) is 24.6 Å². The molecule has 0 amide bonds. The summed E-state index contributed by atoms with van der Waals surface area (Å²) in [5.74, 6) is 1.72. The molecule has 0 bridgehead atoms. The van der Waals surface area contributed by atoms with Crippen molar-refractivity contribution in [3.63, 3.8) is 0 Å². The van der Waals surface area contributed by atoms with Crippen LogP contribution in [0, 0.1) is 0 Å². The molecule has 4 rings (SSSR count). The van der Waals surface area contributed by atoms with Gasteiger partial charge in [-0.3, -0.25) is 14.5 Å². The van der Waals surface area contributed by atoms with E-state index >= 15 is 0 Å². The number of rotatable bonds is 6. The van der Waals surface area contributed by atoms with Gasteiger partial charge in [0.05, 0.1) is 13.2 Å². The molecule has 1 fully saturated rings. The largest absolute Gasteiger partial charge is 0.379 e. The molecule has 6 nitrogen and oxygen atoms in total. The number of benzene rings is 1. The van der Waals surface area contributed by atoms with Crippen LogP contribution in [-0.2, 0) is 4.74 Å². The summed E-state index contributed by atoms with van der Waals surface area (Å²) in [5.41, 5.74) is 1.91. The number of pyridine rings is 1. The standard InChI is InChI=1S/C19H20ClN5OS.ClH/c20-16-3-5-17(6-4-16)25-18(15-2-1-7-21-14-15)22-23-19(25)27-13-10-24-8-11-26-12-9-24;/h1-7,14H,8-13H2;1H. The summed E-state index contributed by atoms with van der Waals surface area (Å²) in [5, 5.41) is 10.5. The Bertz CT molecular complexity index is 870. The lowest BCUT2D eigenvalue weighted by Gasteiger charge is -2.26. The smallest absolute Gasteiger partial charge is 0.196 e. The van der Waals surface area contributed by atoms with Gasteiger partial charge in [0.15, 0.2) is 11.0 Å². The molecular weight excluding hydrogens is 417 g/mol. The average molecular weight is 438 g/mol. The van der Waals surface area contributed by atoms with Crippen LogP contribution in [0.4, 0.5) is 0 Å². The summed E-state index contributed by atoms with van der Waals surface area (Å²) in [6.07, 6.45) is 3.56. The van der Waals surface area contributed by atoms with Crippen LogP contribution in [0.2, 0.25) is 5.02 Å². The molecule has 148 valence electrons. The van der Waals surface area contributed by atoms with Gasteiger partial charge in [0.1, 0.15) is 0 Å². The molecule has 1 aromatic carbocycles. The minimum absolute atomic E-state index is 0. The number of hydrogen-bond acceptors (Lipinski definition) is 6. The van der Waals surface area contributed by atoms with Gasteiger partial charge in [-0.25, -0.2) is 0 Å². The van der Waals surface area contributed by atoms with Crippen molar-refractivity contribution < 1.29 is 4.74 Å². The van der Waals surface area contributed by atoms with Crippen molar-refractivity contribution in [1.29, 1.82) is 0 Å². The van der Waals surface area contributed by atoms with Crippen LogP contribution < -0.4 is 0 Å². The third kappa shape index (κ3) is 5.04. The SMILES string of the molecule is Cl.Clc1ccc(-n2c(SCCN3CCOCC3)nnc2-c2cccnc2)cc1. The van der Waals surface area contributed by atoms with E-state index in [-0.39, 0.29) is 12.4 Å². The van der Waals surface area contributed by atoms with Gasteiger partial charge in [-0.05, 0) is 36.4 Å². The number of hydrogen-bond donors (Lipinski definition) is 0. The summed E-state index contributed by atoms with van der Waals surface area (Å²) in [7, 11) is 0. The Balaban J connectivity index is 0.00000225. The van der Waals surface area contributed by atoms with E-state index in [4.69, 9.17) is 16.3 Å². The average Bonchev–Trinajstić information content (AvgIpc) is 3.14. The monoisotopic (exact) mass is 437 g/mol. The molecule has 0 radical (unpaired) electrons. The van der Waals surface area contributed by atoms with Gasteiger partial charge in [0.25, 0.3) is 0 Å². The first-order valence-corrected chi connectivity index (χ1v) is 10.2. The third-order valence-corrected chi connectivity index (χ3v) is 5.54. The fraction of sp³-hybridized carbons (Fsp3) is 0.316. The van der Waals surface area contributed by atoms with Gasteiger partial charge in [-0.1, -0.05) is 23.4 Å². The Labute approximate surface area is 179 Å². The van der Waals surface area contributed by atoms with E-state index in [2.05, 4.69) is 24.6 Å². The number of ether oxygens (including phenoxy) is 1. The summed E-state index contributed by atoms with van der Waals surface area (Å²) < 4.78 is 7.48. The molecule has 2 aromatic heterocycles. The number of thioether (sulfide) groups is 1. The third-order valence-electron chi connectivity index (χ3n) is 4.38. The molecule has 0 N–H and O–H groups in total. The zero-order valence-electron chi connectivity index (χ0n) is 15.2. The molecule has 9 heteroatoms. The Kier molecular flexibility index (Phi) is 7.70. The first-order chi connectivity index (χ1) is 13.3. The molecule has 0 spiro atoms. The van der Waals surface area contributed by atoms with Gasteiger partial charge in [-0.15, -0.1) is 22.6 Å². The minimum Gasteiger partial charge on any atom is -0.379 e. The molecule has 28 heavy (non-hydrogen) atoms. The fourth-order valence-electron chi connectivity index (χ4n) is 2.96. The lowest BCUT2D eigenvalue weighted by Crippen LogP contribution is -2.37. The van der Waals surface area contributed by atoms with E-state index < -0.39 is 0 Å². The van der Waals surface area contributed by atoms with Crippen LogP contribution in [0.5, 0.6) is 0 Å². The molecule has 0 aliphatic carbocycles. The summed E-state index contributed by atoms with van der Waals surface area (Å²) in [6.45, 7) is 4.62. The zero-order valence-corrected chi connectivity index (χ0v) is 17.6. The molecule has 1 aliphatic heterocycles. The summed E-state index contributed by atoms with van der Waals surface area (Å²) in [4.78, 5) is 6.63. The highest BCUT2D eigenvalue weighted by molar-refractivity contribution is 7.99. The highest BCUT2D eigenvalue weighted by atomic mass is 35.5. The van der Waals surface area contributed by atoms with Crippen molar-refractivity contribution in [2.24, 2.45) is 0 Å². The molecule has 1 saturated heterocycles. The van der Waals surface area contributed by atoms with Gasteiger partial charge in [0.2, 0.25) is 0 Å². The number of morpholine rings is 1. The van der Waals surface area contributed by atoms with E-state index in [9.17, 15) is 0 Å². The zero-order chi connectivity index (χ0) is 18.5. The fourth-order valence-corrected chi connectivity index (χ4v) is 4.04. The van der Waals surface area contributed by atoms with Crippen molar-refractivity contribution in [2.75, 3.05) is 38.6 Å². The molecule has 3 aromatic rings. The second-order valence-corrected chi connectivity index (χ2v) is 7.66. The van der Waals surface area contributed by atoms with Crippen LogP contribution in [0.25, 0.3) is 17.1 Å². The van der Waals surface area contributed by atoms with E-state index in [1.165, 1.54) is 0 Å². The predicted molar refractivity (Wildman–Crippen MR) is 115 cm³/mol. The Hall–Kier alpha value is -1.64. The van der Waals surface area contributed by atoms with Crippen LogP contribution in [-0.4, -0.2) is 63.2 Å². The second kappa shape index (κ2) is 10.2. The highest BCUT2D eigenvalue weighted by Crippen LogP contribution is 2.28. The van der Waals surface area contributed by atoms with E-state index in [1.54, 1.807) is 24.2 Å². The minimum atomic E-state index is 0. The predicted octanol–water partition coefficient (Wildman–Crippen LogP) is 3.83. The first kappa shape index (κ1) is 21.1. The molecule has 0 saturated carbocycles. The van der Waals surface area contributed by atoms with Crippen LogP contribution in [0.1, 0.15) is 0 Å². The van der Waals surface area contributed by atoms with Crippen LogP contribution in [0.3, 0.4) is 0 Å². The van der Waals surface area contributed by atoms with Crippen molar-refractivity contribution in [3.8, 4) is 17.1 Å². The van der Waals surface area contributed by atoms with Gasteiger partial charge in [-0.2, -0.15) is 0 Å². The maximum Gasteiger partial charge on any atom is 0.196 e. The number of aromatic nitrogens is 4. The van der Waals surface area contributed by atoms with Crippen LogP contribution in [0.15, 0.2) is 53.9 Å². The Morgan fingerprint density at radius 2 is 1.86 bits per heavy atom. The van der Waals surface area contributed by atoms with Crippen molar-refractivity contribution in [2.45, 2.75) is 5.16 Å². The van der Waals surface area contributed by atoms with E-state index in [0.29, 0.717) is 5.02 Å². The second-order valence-electron chi connectivity index (χ2n) is 6.16. The molecular formula is C19H21Cl2N5OS. The summed E-state index contributed by atoms with van der Waals surface area (Å²) in [6, 6.07) is 11.6. The van der Waals surface area contributed by atoms with Crippen molar-refractivity contribution in [3.05, 3.63) is 53.8 Å². The first-order valence-electron chi connectivity index (χ1n) is 8.86. The summed E-state index contributed by atoms with van der Waals surface area (Å²) >= 11 is 7.78. The van der Waals surface area contributed by atoms with Crippen LogP contribution >= 0.6 is 35.8 Å². The van der Waals surface area contributed by atoms with E-state index in [0.717, 1.165) is 60.8 Å². The quantitative estimate of drug-likeness (QED) is 0.546. The van der Waals surface area contributed by atoms with Crippen molar-refractivity contribution >= 4 is 35.8 Å². The Morgan fingerprint density at radius 3 is 2.57 bits per heavy atom. The highest BCUT2D eigenvalue weighted by Gasteiger charge is 2.17. The molecule has 0 atom stereocenters. The lowest BCUT2D eigenvalue weighted by molar-refractivity contribution is 0.0410. The van der Waals surface area contributed by atoms with Gasteiger partial charge in [0, 0.05) is 54.1 Å². The normalized spacial score (nSPS) is 14.6.